The summed E-state index contributed by atoms with van der Waals surface area (Å²) in [4.78, 5) is 40.5. The van der Waals surface area contributed by atoms with E-state index in [0.717, 1.165) is 0 Å². The van der Waals surface area contributed by atoms with Crippen LogP contribution in [-0.2, 0) is 14.4 Å². The molecule has 1 atom stereocenters. The van der Waals surface area contributed by atoms with Crippen molar-refractivity contribution in [2.45, 2.75) is 25.8 Å². The number of hydrogen-bond acceptors (Lipinski definition) is 5. The Morgan fingerprint density at radius 3 is 2.71 bits per heavy atom. The van der Waals surface area contributed by atoms with Crippen LogP contribution in [-0.4, -0.2) is 35.6 Å². The Morgan fingerprint density at radius 2 is 2.18 bits per heavy atom. The van der Waals surface area contributed by atoms with Crippen LogP contribution in [0.2, 0.25) is 0 Å². The van der Waals surface area contributed by atoms with E-state index in [-0.39, 0.29) is 19.4 Å². The molecule has 0 aromatic carbocycles. The van der Waals surface area contributed by atoms with Gasteiger partial charge in [-0.3, -0.25) is 9.59 Å². The van der Waals surface area contributed by atoms with Gasteiger partial charge in [0.15, 0.2) is 0 Å². The number of carbonyl (C=O) groups is 3. The molecule has 17 heavy (non-hydrogen) atoms. The Bertz CT molecular complexity index is 373. The minimum absolute atomic E-state index is 0.0421. The number of amides is 3. The molecule has 0 aromatic heterocycles. The van der Waals surface area contributed by atoms with Crippen LogP contribution in [0, 0.1) is 0 Å². The lowest BCUT2D eigenvalue weighted by Crippen LogP contribution is -2.41. The maximum Gasteiger partial charge on any atom is 0.432 e. The van der Waals surface area contributed by atoms with Gasteiger partial charge < -0.3 is 10.2 Å². The average Bonchev–Trinajstić information content (AvgIpc) is 2.58. The van der Waals surface area contributed by atoms with Crippen molar-refractivity contribution in [3.8, 4) is 0 Å². The molecule has 1 saturated heterocycles. The van der Waals surface area contributed by atoms with E-state index in [1.807, 2.05) is 0 Å². The van der Waals surface area contributed by atoms with Crippen molar-refractivity contribution in [2.75, 3.05) is 6.54 Å². The summed E-state index contributed by atoms with van der Waals surface area (Å²) in [5.41, 5.74) is 8.07. The summed E-state index contributed by atoms with van der Waals surface area (Å²) < 4.78 is 0. The number of nitrogens with one attached hydrogen (secondary N) is 1. The van der Waals surface area contributed by atoms with Crippen LogP contribution in [0.3, 0.4) is 0 Å². The van der Waals surface area contributed by atoms with Gasteiger partial charge in [-0.15, -0.1) is 5.06 Å². The summed E-state index contributed by atoms with van der Waals surface area (Å²) in [6.07, 6.45) is -0.852. The van der Waals surface area contributed by atoms with Crippen LogP contribution in [0.25, 0.3) is 10.4 Å². The Labute approximate surface area is 96.3 Å². The molecule has 3 amide bonds. The van der Waals surface area contributed by atoms with Gasteiger partial charge in [0.25, 0.3) is 11.8 Å². The molecule has 92 valence electrons. The van der Waals surface area contributed by atoms with E-state index in [1.165, 1.54) is 0 Å². The summed E-state index contributed by atoms with van der Waals surface area (Å²) in [5, 5.41) is 6.00. The highest BCUT2D eigenvalue weighted by Gasteiger charge is 2.32. The molecule has 1 fully saturated rings. The van der Waals surface area contributed by atoms with Crippen LogP contribution in [0.15, 0.2) is 5.11 Å². The van der Waals surface area contributed by atoms with Gasteiger partial charge in [0.1, 0.15) is 0 Å². The summed E-state index contributed by atoms with van der Waals surface area (Å²) in [6.45, 7) is 1.64. The number of hydroxylamine groups is 2. The third kappa shape index (κ3) is 3.65. The van der Waals surface area contributed by atoms with Gasteiger partial charge in [-0.2, -0.15) is 0 Å². The molecule has 0 bridgehead atoms. The van der Waals surface area contributed by atoms with E-state index >= 15 is 0 Å². The van der Waals surface area contributed by atoms with Crippen LogP contribution in [0.5, 0.6) is 0 Å². The van der Waals surface area contributed by atoms with E-state index in [0.29, 0.717) is 5.06 Å². The fraction of sp³-hybridized carbons (Fsp3) is 0.625. The molecular formula is C8H11N5O4. The zero-order valence-corrected chi connectivity index (χ0v) is 9.12. The zero-order valence-electron chi connectivity index (χ0n) is 9.12. The van der Waals surface area contributed by atoms with Crippen LogP contribution in [0.1, 0.15) is 19.8 Å². The van der Waals surface area contributed by atoms with Crippen LogP contribution >= 0.6 is 0 Å². The van der Waals surface area contributed by atoms with Crippen molar-refractivity contribution in [3.05, 3.63) is 10.4 Å². The lowest BCUT2D eigenvalue weighted by atomic mass is 10.3. The Balaban J connectivity index is 2.41. The van der Waals surface area contributed by atoms with E-state index in [4.69, 9.17) is 5.53 Å². The lowest BCUT2D eigenvalue weighted by Gasteiger charge is -2.15. The maximum absolute atomic E-state index is 11.2. The molecule has 1 N–H and O–H groups in total. The normalized spacial score (nSPS) is 16.4. The van der Waals surface area contributed by atoms with Gasteiger partial charge >= 0.3 is 6.09 Å². The minimum Gasteiger partial charge on any atom is -0.317 e. The molecule has 1 heterocycles. The second-order valence-corrected chi connectivity index (χ2v) is 3.42. The summed E-state index contributed by atoms with van der Waals surface area (Å²) >= 11 is 0. The zero-order chi connectivity index (χ0) is 12.8. The number of nitrogens with zero attached hydrogens (tertiary/aromatic N) is 4. The molecule has 9 heteroatoms. The van der Waals surface area contributed by atoms with Gasteiger partial charge in [-0.1, -0.05) is 5.11 Å². The Hall–Kier alpha value is -2.28. The van der Waals surface area contributed by atoms with Crippen molar-refractivity contribution in [2.24, 2.45) is 5.11 Å². The topological polar surface area (TPSA) is 124 Å². The summed E-state index contributed by atoms with van der Waals surface area (Å²) in [7, 11) is 0. The smallest absolute Gasteiger partial charge is 0.317 e. The Morgan fingerprint density at radius 1 is 1.59 bits per heavy atom. The van der Waals surface area contributed by atoms with Crippen LogP contribution < -0.4 is 5.32 Å². The second kappa shape index (κ2) is 5.71. The van der Waals surface area contributed by atoms with Crippen molar-refractivity contribution in [1.29, 1.82) is 0 Å². The van der Waals surface area contributed by atoms with Gasteiger partial charge in [0.05, 0.1) is 0 Å². The predicted octanol–water partition coefficient (Wildman–Crippen LogP) is 0.475. The molecule has 1 aliphatic rings. The maximum atomic E-state index is 11.2. The first-order chi connectivity index (χ1) is 8.04. The van der Waals surface area contributed by atoms with Gasteiger partial charge in [-0.25, -0.2) is 4.79 Å². The fourth-order valence-corrected chi connectivity index (χ4v) is 1.17. The van der Waals surface area contributed by atoms with E-state index in [9.17, 15) is 14.4 Å². The standard InChI is InChI=1S/C8H11N5O4/c1-5(4-10-12-9)11-8(16)17-13-6(14)2-3-7(13)15/h5H,2-4H2,1H3,(H,11,16)/t5-/m0/s1. The monoisotopic (exact) mass is 241 g/mol. The van der Waals surface area contributed by atoms with E-state index in [1.54, 1.807) is 6.92 Å². The molecule has 0 aromatic rings. The number of carbonyl (C=O) groups excluding carboxylic acids is 3. The fourth-order valence-electron chi connectivity index (χ4n) is 1.17. The van der Waals surface area contributed by atoms with Crippen molar-refractivity contribution in [3.63, 3.8) is 0 Å². The SMILES string of the molecule is C[C@@H](CN=[N+]=[N-])NC(=O)ON1C(=O)CCC1=O. The molecule has 0 unspecified atom stereocenters. The number of hydrogen-bond donors (Lipinski definition) is 1. The highest BCUT2D eigenvalue weighted by atomic mass is 16.7. The third-order valence-electron chi connectivity index (χ3n) is 1.96. The molecule has 1 rings (SSSR count). The third-order valence-corrected chi connectivity index (χ3v) is 1.96. The van der Waals surface area contributed by atoms with Crippen molar-refractivity contribution >= 4 is 17.9 Å². The molecule has 1 aliphatic heterocycles. The first-order valence-electron chi connectivity index (χ1n) is 4.89. The highest BCUT2D eigenvalue weighted by Crippen LogP contribution is 2.11. The highest BCUT2D eigenvalue weighted by molar-refractivity contribution is 6.01. The molecule has 0 saturated carbocycles. The van der Waals surface area contributed by atoms with Gasteiger partial charge in [-0.05, 0) is 12.5 Å². The van der Waals surface area contributed by atoms with Crippen molar-refractivity contribution < 1.29 is 19.2 Å². The molecular weight excluding hydrogens is 230 g/mol. The number of imide groups is 1. The molecule has 0 spiro atoms. The van der Waals surface area contributed by atoms with E-state index < -0.39 is 23.9 Å². The van der Waals surface area contributed by atoms with Gasteiger partial charge in [0, 0.05) is 30.3 Å². The number of rotatable bonds is 4. The van der Waals surface area contributed by atoms with Gasteiger partial charge in [0.2, 0.25) is 0 Å². The first kappa shape index (κ1) is 12.8. The second-order valence-electron chi connectivity index (χ2n) is 3.42. The van der Waals surface area contributed by atoms with Crippen molar-refractivity contribution in [1.82, 2.24) is 10.4 Å². The first-order valence-corrected chi connectivity index (χ1v) is 4.89. The Kier molecular flexibility index (Phi) is 4.29. The summed E-state index contributed by atoms with van der Waals surface area (Å²) in [6, 6.07) is -0.453. The van der Waals surface area contributed by atoms with E-state index in [2.05, 4.69) is 20.2 Å². The predicted molar refractivity (Wildman–Crippen MR) is 54.2 cm³/mol. The molecule has 0 radical (unpaired) electrons. The average molecular weight is 241 g/mol. The lowest BCUT2D eigenvalue weighted by molar-refractivity contribution is -0.171. The molecule has 0 aliphatic carbocycles. The summed E-state index contributed by atoms with van der Waals surface area (Å²) in [5.74, 6) is -1.10. The number of azide groups is 1. The molecule has 9 nitrogen and oxygen atoms in total. The largest absolute Gasteiger partial charge is 0.432 e. The minimum atomic E-state index is -0.936. The van der Waals surface area contributed by atoms with Crippen LogP contribution in [0.4, 0.5) is 4.79 Å². The quantitative estimate of drug-likeness (QED) is 0.332.